The molecule has 0 aromatic carbocycles. The first kappa shape index (κ1) is 12.8. The SMILES string of the molecule is CN1CCC(C(=O)N(C)C2CCS(=O)(=O)C2)C1. The summed E-state index contributed by atoms with van der Waals surface area (Å²) in [6.45, 7) is 1.75. The quantitative estimate of drug-likeness (QED) is 0.677. The van der Waals surface area contributed by atoms with E-state index in [0.717, 1.165) is 19.5 Å². The lowest BCUT2D eigenvalue weighted by atomic mass is 10.1. The number of likely N-dealkylation sites (tertiary alicyclic amines) is 1. The first-order chi connectivity index (χ1) is 7.89. The third-order valence-electron chi connectivity index (χ3n) is 3.84. The number of hydrogen-bond acceptors (Lipinski definition) is 4. The third kappa shape index (κ3) is 2.80. The molecule has 0 spiro atoms. The molecule has 0 radical (unpaired) electrons. The molecule has 1 amide bonds. The van der Waals surface area contributed by atoms with Gasteiger partial charge in [0.1, 0.15) is 0 Å². The van der Waals surface area contributed by atoms with Crippen molar-refractivity contribution in [3.63, 3.8) is 0 Å². The predicted molar refractivity (Wildman–Crippen MR) is 65.4 cm³/mol. The van der Waals surface area contributed by atoms with E-state index in [1.54, 1.807) is 11.9 Å². The molecule has 2 fully saturated rings. The van der Waals surface area contributed by atoms with Gasteiger partial charge in [0.05, 0.1) is 17.4 Å². The molecule has 0 N–H and O–H groups in total. The fourth-order valence-electron chi connectivity index (χ4n) is 2.69. The van der Waals surface area contributed by atoms with Gasteiger partial charge in [0.2, 0.25) is 5.91 Å². The van der Waals surface area contributed by atoms with Crippen molar-refractivity contribution in [2.75, 3.05) is 38.7 Å². The lowest BCUT2D eigenvalue weighted by Gasteiger charge is -2.26. The number of carbonyl (C=O) groups is 1. The molecule has 2 aliphatic rings. The molecular formula is C11H20N2O3S. The molecule has 2 saturated heterocycles. The minimum Gasteiger partial charge on any atom is -0.341 e. The summed E-state index contributed by atoms with van der Waals surface area (Å²) in [5.74, 6) is 0.516. The highest BCUT2D eigenvalue weighted by Crippen LogP contribution is 2.22. The maximum Gasteiger partial charge on any atom is 0.227 e. The fourth-order valence-corrected chi connectivity index (χ4v) is 4.46. The van der Waals surface area contributed by atoms with E-state index < -0.39 is 9.84 Å². The van der Waals surface area contributed by atoms with Gasteiger partial charge < -0.3 is 9.80 Å². The van der Waals surface area contributed by atoms with E-state index in [1.807, 2.05) is 7.05 Å². The van der Waals surface area contributed by atoms with Gasteiger partial charge in [-0.05, 0) is 26.4 Å². The van der Waals surface area contributed by atoms with Crippen LogP contribution in [-0.2, 0) is 14.6 Å². The zero-order valence-corrected chi connectivity index (χ0v) is 11.2. The third-order valence-corrected chi connectivity index (χ3v) is 5.59. The van der Waals surface area contributed by atoms with Gasteiger partial charge in [-0.3, -0.25) is 4.79 Å². The summed E-state index contributed by atoms with van der Waals surface area (Å²) in [6.07, 6.45) is 1.48. The molecule has 0 aliphatic carbocycles. The fraction of sp³-hybridized carbons (Fsp3) is 0.909. The van der Waals surface area contributed by atoms with Crippen LogP contribution in [0, 0.1) is 5.92 Å². The lowest BCUT2D eigenvalue weighted by Crippen LogP contribution is -2.42. The largest absolute Gasteiger partial charge is 0.341 e. The topological polar surface area (TPSA) is 57.7 Å². The first-order valence-electron chi connectivity index (χ1n) is 6.05. The van der Waals surface area contributed by atoms with Gasteiger partial charge in [0, 0.05) is 19.6 Å². The molecule has 0 bridgehead atoms. The van der Waals surface area contributed by atoms with Crippen molar-refractivity contribution in [3.8, 4) is 0 Å². The van der Waals surface area contributed by atoms with Crippen LogP contribution in [0.4, 0.5) is 0 Å². The van der Waals surface area contributed by atoms with Gasteiger partial charge in [-0.1, -0.05) is 0 Å². The highest BCUT2D eigenvalue weighted by Gasteiger charge is 2.36. The minimum absolute atomic E-state index is 0.0494. The van der Waals surface area contributed by atoms with Crippen LogP contribution < -0.4 is 0 Å². The highest BCUT2D eigenvalue weighted by molar-refractivity contribution is 7.91. The molecule has 98 valence electrons. The second-order valence-electron chi connectivity index (χ2n) is 5.25. The molecule has 2 atom stereocenters. The number of rotatable bonds is 2. The van der Waals surface area contributed by atoms with Crippen LogP contribution in [-0.4, -0.2) is 68.9 Å². The van der Waals surface area contributed by atoms with Gasteiger partial charge in [-0.15, -0.1) is 0 Å². The van der Waals surface area contributed by atoms with Crippen LogP contribution in [0.15, 0.2) is 0 Å². The Morgan fingerprint density at radius 1 is 1.35 bits per heavy atom. The van der Waals surface area contributed by atoms with E-state index in [2.05, 4.69) is 4.90 Å². The van der Waals surface area contributed by atoms with E-state index in [9.17, 15) is 13.2 Å². The van der Waals surface area contributed by atoms with Gasteiger partial charge in [-0.25, -0.2) is 8.42 Å². The summed E-state index contributed by atoms with van der Waals surface area (Å²) < 4.78 is 22.8. The van der Waals surface area contributed by atoms with Crippen molar-refractivity contribution >= 4 is 15.7 Å². The van der Waals surface area contributed by atoms with Gasteiger partial charge in [0.25, 0.3) is 0 Å². The molecule has 2 unspecified atom stereocenters. The average Bonchev–Trinajstić information content (AvgIpc) is 2.82. The van der Waals surface area contributed by atoms with E-state index in [4.69, 9.17) is 0 Å². The number of amides is 1. The smallest absolute Gasteiger partial charge is 0.227 e. The monoisotopic (exact) mass is 260 g/mol. The number of sulfone groups is 1. The molecule has 0 aromatic rings. The highest BCUT2D eigenvalue weighted by atomic mass is 32.2. The lowest BCUT2D eigenvalue weighted by molar-refractivity contribution is -0.135. The van der Waals surface area contributed by atoms with Crippen molar-refractivity contribution in [3.05, 3.63) is 0 Å². The van der Waals surface area contributed by atoms with E-state index in [1.165, 1.54) is 0 Å². The number of carbonyl (C=O) groups excluding carboxylic acids is 1. The molecule has 5 nitrogen and oxygen atoms in total. The van der Waals surface area contributed by atoms with Gasteiger partial charge in [-0.2, -0.15) is 0 Å². The number of hydrogen-bond donors (Lipinski definition) is 0. The van der Waals surface area contributed by atoms with Crippen LogP contribution in [0.2, 0.25) is 0 Å². The summed E-state index contributed by atoms with van der Waals surface area (Å²) in [6, 6.07) is -0.113. The van der Waals surface area contributed by atoms with Crippen LogP contribution in [0.25, 0.3) is 0 Å². The molecule has 6 heteroatoms. The van der Waals surface area contributed by atoms with E-state index in [0.29, 0.717) is 6.42 Å². The van der Waals surface area contributed by atoms with E-state index in [-0.39, 0.29) is 29.4 Å². The van der Waals surface area contributed by atoms with Crippen molar-refractivity contribution in [1.29, 1.82) is 0 Å². The Morgan fingerprint density at radius 3 is 2.53 bits per heavy atom. The van der Waals surface area contributed by atoms with E-state index >= 15 is 0 Å². The van der Waals surface area contributed by atoms with Gasteiger partial charge >= 0.3 is 0 Å². The summed E-state index contributed by atoms with van der Waals surface area (Å²) in [5.41, 5.74) is 0. The summed E-state index contributed by atoms with van der Waals surface area (Å²) in [4.78, 5) is 16.0. The second-order valence-corrected chi connectivity index (χ2v) is 7.48. The summed E-state index contributed by atoms with van der Waals surface area (Å²) >= 11 is 0. The van der Waals surface area contributed by atoms with Crippen molar-refractivity contribution in [2.24, 2.45) is 5.92 Å². The Hall–Kier alpha value is -0.620. The summed E-state index contributed by atoms with van der Waals surface area (Å²) in [5, 5.41) is 0. The number of nitrogens with zero attached hydrogens (tertiary/aromatic N) is 2. The molecule has 0 aromatic heterocycles. The predicted octanol–water partition coefficient (Wildman–Crippen LogP) is -0.416. The minimum atomic E-state index is -2.91. The summed E-state index contributed by atoms with van der Waals surface area (Å²) in [7, 11) is 0.837. The molecule has 2 rings (SSSR count). The Morgan fingerprint density at radius 2 is 2.06 bits per heavy atom. The molecule has 17 heavy (non-hydrogen) atoms. The second kappa shape index (κ2) is 4.57. The van der Waals surface area contributed by atoms with Crippen molar-refractivity contribution < 1.29 is 13.2 Å². The van der Waals surface area contributed by atoms with Crippen LogP contribution in [0.3, 0.4) is 0 Å². The average molecular weight is 260 g/mol. The van der Waals surface area contributed by atoms with Crippen LogP contribution >= 0.6 is 0 Å². The molecular weight excluding hydrogens is 240 g/mol. The standard InChI is InChI=1S/C11H20N2O3S/c1-12-5-3-9(7-12)11(14)13(2)10-4-6-17(15,16)8-10/h9-10H,3-8H2,1-2H3. The zero-order valence-electron chi connectivity index (χ0n) is 10.4. The maximum absolute atomic E-state index is 12.2. The maximum atomic E-state index is 12.2. The Balaban J connectivity index is 1.96. The van der Waals surface area contributed by atoms with Gasteiger partial charge in [0.15, 0.2) is 9.84 Å². The van der Waals surface area contributed by atoms with Crippen LogP contribution in [0.1, 0.15) is 12.8 Å². The molecule has 2 aliphatic heterocycles. The van der Waals surface area contributed by atoms with Crippen molar-refractivity contribution in [2.45, 2.75) is 18.9 Å². The Kier molecular flexibility index (Phi) is 3.45. The molecule has 0 saturated carbocycles. The molecule has 2 heterocycles. The Bertz CT molecular complexity index is 407. The first-order valence-corrected chi connectivity index (χ1v) is 7.87. The normalized spacial score (nSPS) is 32.8. The zero-order chi connectivity index (χ0) is 12.6. The van der Waals surface area contributed by atoms with Crippen molar-refractivity contribution in [1.82, 2.24) is 9.80 Å². The van der Waals surface area contributed by atoms with Crippen LogP contribution in [0.5, 0.6) is 0 Å². The Labute approximate surface area is 103 Å².